The first-order chi connectivity index (χ1) is 15.1. The molecule has 1 unspecified atom stereocenters. The van der Waals surface area contributed by atoms with Gasteiger partial charge in [0.15, 0.2) is 5.82 Å². The molecule has 7 heteroatoms. The van der Waals surface area contributed by atoms with E-state index in [-0.39, 0.29) is 18.3 Å². The van der Waals surface area contributed by atoms with Crippen LogP contribution in [0.4, 0.5) is 0 Å². The summed E-state index contributed by atoms with van der Waals surface area (Å²) in [4.78, 5) is 30.6. The predicted octanol–water partition coefficient (Wildman–Crippen LogP) is 2.82. The van der Waals surface area contributed by atoms with Gasteiger partial charge in [-0.05, 0) is 42.0 Å². The number of esters is 1. The van der Waals surface area contributed by atoms with Crippen molar-refractivity contribution in [2.45, 2.75) is 25.7 Å². The summed E-state index contributed by atoms with van der Waals surface area (Å²) in [5.74, 6) is 1.45. The van der Waals surface area contributed by atoms with Crippen LogP contribution in [0.15, 0.2) is 54.6 Å². The highest BCUT2D eigenvalue weighted by Gasteiger charge is 2.27. The number of benzene rings is 2. The highest BCUT2D eigenvalue weighted by Crippen LogP contribution is 2.22. The normalized spacial score (nSPS) is 15.8. The molecule has 31 heavy (non-hydrogen) atoms. The van der Waals surface area contributed by atoms with Crippen LogP contribution >= 0.6 is 0 Å². The second-order valence-electron chi connectivity index (χ2n) is 7.92. The number of hydrogen-bond donors (Lipinski definition) is 1. The van der Waals surface area contributed by atoms with Gasteiger partial charge in [0.25, 0.3) is 0 Å². The van der Waals surface area contributed by atoms with Gasteiger partial charge in [0, 0.05) is 19.5 Å². The molecule has 3 aromatic rings. The Kier molecular flexibility index (Phi) is 6.40. The zero-order valence-corrected chi connectivity index (χ0v) is 17.6. The van der Waals surface area contributed by atoms with Gasteiger partial charge >= 0.3 is 5.97 Å². The average molecular weight is 418 g/mol. The number of aromatic nitrogens is 3. The number of H-pyrrole nitrogens is 1. The van der Waals surface area contributed by atoms with E-state index in [9.17, 15) is 9.59 Å². The van der Waals surface area contributed by atoms with Gasteiger partial charge in [0.05, 0.1) is 19.1 Å². The lowest BCUT2D eigenvalue weighted by Gasteiger charge is -2.16. The van der Waals surface area contributed by atoms with Crippen LogP contribution in [-0.2, 0) is 28.8 Å². The van der Waals surface area contributed by atoms with Crippen LogP contribution in [0.25, 0.3) is 0 Å². The number of hydrogen-bond acceptors (Lipinski definition) is 5. The number of nitrogens with one attached hydrogen (secondary N) is 1. The zero-order valence-electron chi connectivity index (χ0n) is 17.6. The van der Waals surface area contributed by atoms with Crippen LogP contribution < -0.4 is 0 Å². The molecule has 1 atom stereocenters. The summed E-state index contributed by atoms with van der Waals surface area (Å²) in [6.45, 7) is 1.49. The zero-order chi connectivity index (χ0) is 21.6. The van der Waals surface area contributed by atoms with E-state index in [4.69, 9.17) is 4.74 Å². The van der Waals surface area contributed by atoms with Gasteiger partial charge in [-0.2, -0.15) is 5.10 Å². The van der Waals surface area contributed by atoms with Crippen LogP contribution in [0, 0.1) is 5.92 Å². The van der Waals surface area contributed by atoms with Crippen molar-refractivity contribution in [1.82, 2.24) is 20.1 Å². The fourth-order valence-electron chi connectivity index (χ4n) is 3.98. The summed E-state index contributed by atoms with van der Waals surface area (Å²) in [7, 11) is 1.38. The summed E-state index contributed by atoms with van der Waals surface area (Å²) in [5.41, 5.74) is 2.86. The summed E-state index contributed by atoms with van der Waals surface area (Å²) in [6.07, 6.45) is 2.74. The van der Waals surface area contributed by atoms with Crippen LogP contribution in [0.2, 0.25) is 0 Å². The van der Waals surface area contributed by atoms with Crippen molar-refractivity contribution in [2.75, 3.05) is 20.2 Å². The molecule has 0 bridgehead atoms. The maximum atomic E-state index is 12.7. The lowest BCUT2D eigenvalue weighted by atomic mass is 9.98. The minimum Gasteiger partial charge on any atom is -0.465 e. The lowest BCUT2D eigenvalue weighted by molar-refractivity contribution is -0.129. The van der Waals surface area contributed by atoms with Crippen molar-refractivity contribution in [3.8, 4) is 0 Å². The summed E-state index contributed by atoms with van der Waals surface area (Å²) in [5, 5.41) is 7.16. The highest BCUT2D eigenvalue weighted by molar-refractivity contribution is 5.89. The van der Waals surface area contributed by atoms with E-state index in [2.05, 4.69) is 15.2 Å². The molecule has 1 aromatic heterocycles. The molecule has 1 aliphatic rings. The minimum absolute atomic E-state index is 0.0637. The van der Waals surface area contributed by atoms with E-state index in [1.54, 1.807) is 12.1 Å². The number of methoxy groups -OCH3 is 1. The molecule has 1 fully saturated rings. The maximum Gasteiger partial charge on any atom is 0.337 e. The molecule has 0 aliphatic carbocycles. The standard InChI is InChI=1S/C24H26N4O3/c1-31-24(30)20-9-7-18(8-10-20)13-19-11-12-28(16-19)23(29)15-22-25-21(26-27-22)14-17-5-3-2-4-6-17/h2-10,19H,11-16H2,1H3,(H,25,26,27). The Hall–Kier alpha value is -3.48. The SMILES string of the molecule is COC(=O)c1ccc(CC2CCN(C(=O)Cc3n[nH]c(Cc4ccccc4)n3)C2)cc1. The average Bonchev–Trinajstić information content (AvgIpc) is 3.44. The Bertz CT molecular complexity index is 1030. The number of carbonyl (C=O) groups excluding carboxylic acids is 2. The minimum atomic E-state index is -0.330. The fraction of sp³-hybridized carbons (Fsp3) is 0.333. The third-order valence-electron chi connectivity index (χ3n) is 5.64. The summed E-state index contributed by atoms with van der Waals surface area (Å²) >= 11 is 0. The van der Waals surface area contributed by atoms with Crippen molar-refractivity contribution >= 4 is 11.9 Å². The van der Waals surface area contributed by atoms with Gasteiger partial charge in [-0.25, -0.2) is 9.78 Å². The molecule has 2 aromatic carbocycles. The summed E-state index contributed by atoms with van der Waals surface area (Å²) < 4.78 is 4.73. The first kappa shape index (κ1) is 20.8. The van der Waals surface area contributed by atoms with Gasteiger partial charge in [0.2, 0.25) is 5.91 Å². The van der Waals surface area contributed by atoms with E-state index in [1.807, 2.05) is 47.4 Å². The van der Waals surface area contributed by atoms with E-state index in [0.717, 1.165) is 42.9 Å². The highest BCUT2D eigenvalue weighted by atomic mass is 16.5. The Morgan fingerprint density at radius 2 is 1.87 bits per heavy atom. The Morgan fingerprint density at radius 1 is 1.10 bits per heavy atom. The molecule has 0 spiro atoms. The Morgan fingerprint density at radius 3 is 2.61 bits per heavy atom. The topological polar surface area (TPSA) is 88.2 Å². The van der Waals surface area contributed by atoms with Crippen molar-refractivity contribution in [2.24, 2.45) is 5.92 Å². The van der Waals surface area contributed by atoms with E-state index in [0.29, 0.717) is 23.7 Å². The van der Waals surface area contributed by atoms with Crippen molar-refractivity contribution in [3.63, 3.8) is 0 Å². The van der Waals surface area contributed by atoms with E-state index >= 15 is 0 Å². The van der Waals surface area contributed by atoms with Gasteiger partial charge < -0.3 is 9.64 Å². The largest absolute Gasteiger partial charge is 0.465 e. The molecule has 1 amide bonds. The number of amides is 1. The number of likely N-dealkylation sites (tertiary alicyclic amines) is 1. The van der Waals surface area contributed by atoms with Gasteiger partial charge in [-0.3, -0.25) is 9.89 Å². The number of aromatic amines is 1. The first-order valence-corrected chi connectivity index (χ1v) is 10.5. The summed E-state index contributed by atoms with van der Waals surface area (Å²) in [6, 6.07) is 17.5. The fourth-order valence-corrected chi connectivity index (χ4v) is 3.98. The van der Waals surface area contributed by atoms with Crippen LogP contribution in [-0.4, -0.2) is 52.2 Å². The molecular formula is C24H26N4O3. The molecule has 160 valence electrons. The molecule has 1 aliphatic heterocycles. The molecule has 2 heterocycles. The molecule has 0 radical (unpaired) electrons. The van der Waals surface area contributed by atoms with Gasteiger partial charge in [-0.15, -0.1) is 0 Å². The van der Waals surface area contributed by atoms with Crippen molar-refractivity contribution in [1.29, 1.82) is 0 Å². The van der Waals surface area contributed by atoms with Crippen LogP contribution in [0.3, 0.4) is 0 Å². The second-order valence-corrected chi connectivity index (χ2v) is 7.92. The molecule has 0 saturated carbocycles. The predicted molar refractivity (Wildman–Crippen MR) is 116 cm³/mol. The van der Waals surface area contributed by atoms with Crippen molar-refractivity contribution < 1.29 is 14.3 Å². The Labute approximate surface area is 181 Å². The number of rotatable bonds is 7. The smallest absolute Gasteiger partial charge is 0.337 e. The maximum absolute atomic E-state index is 12.7. The molecule has 7 nitrogen and oxygen atoms in total. The third-order valence-corrected chi connectivity index (χ3v) is 5.64. The number of nitrogens with zero attached hydrogens (tertiary/aromatic N) is 3. The molecular weight excluding hydrogens is 392 g/mol. The molecule has 1 N–H and O–H groups in total. The van der Waals surface area contributed by atoms with Gasteiger partial charge in [-0.1, -0.05) is 42.5 Å². The molecule has 1 saturated heterocycles. The molecule has 4 rings (SSSR count). The van der Waals surface area contributed by atoms with Crippen LogP contribution in [0.1, 0.15) is 39.6 Å². The first-order valence-electron chi connectivity index (χ1n) is 10.5. The number of ether oxygens (including phenoxy) is 1. The third kappa shape index (κ3) is 5.36. The van der Waals surface area contributed by atoms with Gasteiger partial charge in [0.1, 0.15) is 5.82 Å². The number of carbonyl (C=O) groups is 2. The van der Waals surface area contributed by atoms with E-state index in [1.165, 1.54) is 7.11 Å². The van der Waals surface area contributed by atoms with Crippen LogP contribution in [0.5, 0.6) is 0 Å². The lowest BCUT2D eigenvalue weighted by Crippen LogP contribution is -2.30. The quantitative estimate of drug-likeness (QED) is 0.596. The monoisotopic (exact) mass is 418 g/mol. The second kappa shape index (κ2) is 9.55. The van der Waals surface area contributed by atoms with Crippen molar-refractivity contribution in [3.05, 3.63) is 82.9 Å². The Balaban J connectivity index is 1.27. The van der Waals surface area contributed by atoms with E-state index < -0.39 is 0 Å².